The molecule has 0 aromatic carbocycles. The first-order valence-electron chi connectivity index (χ1n) is 4.40. The van der Waals surface area contributed by atoms with Crippen LogP contribution < -0.4 is 0 Å². The zero-order valence-electron chi connectivity index (χ0n) is 8.74. The summed E-state index contributed by atoms with van der Waals surface area (Å²) < 4.78 is 4.69. The summed E-state index contributed by atoms with van der Waals surface area (Å²) in [5, 5.41) is 8.29. The molecular weight excluding hydrogens is 184 g/mol. The molecule has 0 spiro atoms. The predicted octanol–water partition coefficient (Wildman–Crippen LogP) is 1.95. The first kappa shape index (κ1) is 12.7. The number of aliphatic carboxylic acids is 1. The van der Waals surface area contributed by atoms with Gasteiger partial charge in [0.1, 0.15) is 0 Å². The molecule has 0 rings (SSSR count). The fraction of sp³-hybridized carbons (Fsp3) is 0.600. The molecule has 0 fully saturated rings. The molecule has 0 aliphatic carbocycles. The number of hydrogen-bond donors (Lipinski definition) is 1. The van der Waals surface area contributed by atoms with Crippen molar-refractivity contribution in [2.75, 3.05) is 0 Å². The van der Waals surface area contributed by atoms with E-state index in [9.17, 15) is 9.59 Å². The van der Waals surface area contributed by atoms with Gasteiger partial charge in [-0.3, -0.25) is 9.59 Å². The SMILES string of the molecule is CC(C)(C)C=COC(=O)CCC(=O)O. The molecule has 0 aliphatic heterocycles. The molecule has 1 N–H and O–H groups in total. The summed E-state index contributed by atoms with van der Waals surface area (Å²) in [7, 11) is 0. The number of ether oxygens (including phenoxy) is 1. The van der Waals surface area contributed by atoms with Crippen LogP contribution in [0.25, 0.3) is 0 Å². The smallest absolute Gasteiger partial charge is 0.311 e. The molecule has 0 heterocycles. The molecule has 14 heavy (non-hydrogen) atoms. The largest absolute Gasteiger partial charge is 0.481 e. The van der Waals surface area contributed by atoms with Gasteiger partial charge in [0.05, 0.1) is 19.1 Å². The molecular formula is C10H16O4. The summed E-state index contributed by atoms with van der Waals surface area (Å²) >= 11 is 0. The van der Waals surface area contributed by atoms with Crippen molar-refractivity contribution in [3.8, 4) is 0 Å². The maximum atomic E-state index is 10.9. The second-order valence-electron chi connectivity index (χ2n) is 4.05. The topological polar surface area (TPSA) is 63.6 Å². The molecule has 80 valence electrons. The average Bonchev–Trinajstić information content (AvgIpc) is 1.98. The van der Waals surface area contributed by atoms with Crippen LogP contribution >= 0.6 is 0 Å². The van der Waals surface area contributed by atoms with Gasteiger partial charge in [-0.15, -0.1) is 0 Å². The zero-order chi connectivity index (χ0) is 11.2. The van der Waals surface area contributed by atoms with E-state index < -0.39 is 11.9 Å². The lowest BCUT2D eigenvalue weighted by Crippen LogP contribution is -2.05. The monoisotopic (exact) mass is 200 g/mol. The second kappa shape index (κ2) is 5.42. The van der Waals surface area contributed by atoms with Crippen molar-refractivity contribution in [3.63, 3.8) is 0 Å². The van der Waals surface area contributed by atoms with E-state index in [4.69, 9.17) is 5.11 Å². The minimum Gasteiger partial charge on any atom is -0.481 e. The van der Waals surface area contributed by atoms with E-state index in [1.807, 2.05) is 20.8 Å². The van der Waals surface area contributed by atoms with Crippen molar-refractivity contribution in [1.29, 1.82) is 0 Å². The van der Waals surface area contributed by atoms with E-state index in [1.165, 1.54) is 6.26 Å². The lowest BCUT2D eigenvalue weighted by molar-refractivity contribution is -0.144. The van der Waals surface area contributed by atoms with Gasteiger partial charge in [-0.05, 0) is 11.5 Å². The number of allylic oxidation sites excluding steroid dienone is 1. The molecule has 0 radical (unpaired) electrons. The molecule has 0 aromatic rings. The highest BCUT2D eigenvalue weighted by molar-refractivity contribution is 5.76. The highest BCUT2D eigenvalue weighted by Crippen LogP contribution is 2.14. The van der Waals surface area contributed by atoms with Gasteiger partial charge >= 0.3 is 11.9 Å². The lowest BCUT2D eigenvalue weighted by atomic mass is 9.97. The first-order chi connectivity index (χ1) is 6.31. The predicted molar refractivity (Wildman–Crippen MR) is 51.6 cm³/mol. The van der Waals surface area contributed by atoms with Gasteiger partial charge < -0.3 is 9.84 Å². The number of hydrogen-bond acceptors (Lipinski definition) is 3. The number of carboxylic acid groups (broad SMARTS) is 1. The van der Waals surface area contributed by atoms with Crippen molar-refractivity contribution in [2.24, 2.45) is 5.41 Å². The number of carboxylic acids is 1. The standard InChI is InChI=1S/C10H16O4/c1-10(2,3)6-7-14-9(13)5-4-8(11)12/h6-7H,4-5H2,1-3H3,(H,11,12). The summed E-state index contributed by atoms with van der Waals surface area (Å²) in [6.45, 7) is 5.90. The third-order valence-electron chi connectivity index (χ3n) is 1.31. The summed E-state index contributed by atoms with van der Waals surface area (Å²) in [6.07, 6.45) is 2.77. The van der Waals surface area contributed by atoms with Crippen molar-refractivity contribution >= 4 is 11.9 Å². The van der Waals surface area contributed by atoms with Crippen molar-refractivity contribution in [2.45, 2.75) is 33.6 Å². The third-order valence-corrected chi connectivity index (χ3v) is 1.31. The fourth-order valence-corrected chi connectivity index (χ4v) is 0.582. The number of esters is 1. The summed E-state index contributed by atoms with van der Waals surface area (Å²) in [4.78, 5) is 21.0. The van der Waals surface area contributed by atoms with E-state index in [0.29, 0.717) is 0 Å². The molecule has 0 unspecified atom stereocenters. The summed E-state index contributed by atoms with van der Waals surface area (Å²) in [6, 6.07) is 0. The zero-order valence-corrected chi connectivity index (χ0v) is 8.74. The molecule has 0 aromatic heterocycles. The van der Waals surface area contributed by atoms with Crippen LogP contribution in [0, 0.1) is 5.41 Å². The van der Waals surface area contributed by atoms with Crippen LogP contribution in [0.5, 0.6) is 0 Å². The Morgan fingerprint density at radius 1 is 1.29 bits per heavy atom. The Balaban J connectivity index is 3.75. The van der Waals surface area contributed by atoms with E-state index in [2.05, 4.69) is 4.74 Å². The molecule has 0 saturated carbocycles. The van der Waals surface area contributed by atoms with Crippen LogP contribution in [0.1, 0.15) is 33.6 Å². The van der Waals surface area contributed by atoms with Crippen LogP contribution in [0.3, 0.4) is 0 Å². The molecule has 0 amide bonds. The molecule has 0 aliphatic rings. The molecule has 0 saturated heterocycles. The fourth-order valence-electron chi connectivity index (χ4n) is 0.582. The number of carbonyl (C=O) groups excluding carboxylic acids is 1. The maximum Gasteiger partial charge on any atom is 0.311 e. The van der Waals surface area contributed by atoms with E-state index in [-0.39, 0.29) is 18.3 Å². The van der Waals surface area contributed by atoms with Crippen LogP contribution in [-0.2, 0) is 14.3 Å². The lowest BCUT2D eigenvalue weighted by Gasteiger charge is -2.10. The Morgan fingerprint density at radius 2 is 1.86 bits per heavy atom. The van der Waals surface area contributed by atoms with Crippen LogP contribution in [0.15, 0.2) is 12.3 Å². The Kier molecular flexibility index (Phi) is 4.91. The summed E-state index contributed by atoms with van der Waals surface area (Å²) in [5.74, 6) is -1.52. The Bertz CT molecular complexity index is 235. The van der Waals surface area contributed by atoms with E-state index >= 15 is 0 Å². The van der Waals surface area contributed by atoms with E-state index in [1.54, 1.807) is 6.08 Å². The highest BCUT2D eigenvalue weighted by atomic mass is 16.5. The Hall–Kier alpha value is -1.32. The van der Waals surface area contributed by atoms with Crippen LogP contribution in [0.4, 0.5) is 0 Å². The normalized spacial score (nSPS) is 11.6. The number of rotatable bonds is 4. The molecule has 4 nitrogen and oxygen atoms in total. The molecule has 0 bridgehead atoms. The quantitative estimate of drug-likeness (QED) is 0.556. The van der Waals surface area contributed by atoms with Gasteiger partial charge in [0.2, 0.25) is 0 Å². The van der Waals surface area contributed by atoms with Crippen molar-refractivity contribution in [3.05, 3.63) is 12.3 Å². The second-order valence-corrected chi connectivity index (χ2v) is 4.05. The van der Waals surface area contributed by atoms with E-state index in [0.717, 1.165) is 0 Å². The molecule has 4 heteroatoms. The van der Waals surface area contributed by atoms with Gasteiger partial charge in [-0.25, -0.2) is 0 Å². The maximum absolute atomic E-state index is 10.9. The van der Waals surface area contributed by atoms with Gasteiger partial charge in [0.15, 0.2) is 0 Å². The van der Waals surface area contributed by atoms with Gasteiger partial charge in [-0.2, -0.15) is 0 Å². The van der Waals surface area contributed by atoms with Crippen molar-refractivity contribution in [1.82, 2.24) is 0 Å². The third kappa shape index (κ3) is 8.77. The minimum atomic E-state index is -0.998. The van der Waals surface area contributed by atoms with Crippen LogP contribution in [0.2, 0.25) is 0 Å². The first-order valence-corrected chi connectivity index (χ1v) is 4.40. The average molecular weight is 200 g/mol. The van der Waals surface area contributed by atoms with Gasteiger partial charge in [0, 0.05) is 0 Å². The summed E-state index contributed by atoms with van der Waals surface area (Å²) in [5.41, 5.74) is -0.0485. The van der Waals surface area contributed by atoms with Gasteiger partial charge in [-0.1, -0.05) is 20.8 Å². The van der Waals surface area contributed by atoms with Crippen LogP contribution in [-0.4, -0.2) is 17.0 Å². The molecule has 0 atom stereocenters. The highest BCUT2D eigenvalue weighted by Gasteiger charge is 2.07. The minimum absolute atomic E-state index is 0.0485. The Morgan fingerprint density at radius 3 is 2.29 bits per heavy atom. The van der Waals surface area contributed by atoms with Crippen molar-refractivity contribution < 1.29 is 19.4 Å². The number of carbonyl (C=O) groups is 2. The van der Waals surface area contributed by atoms with Gasteiger partial charge in [0.25, 0.3) is 0 Å². The Labute approximate surface area is 83.6 Å².